The van der Waals surface area contributed by atoms with Gasteiger partial charge in [0.1, 0.15) is 5.69 Å². The van der Waals surface area contributed by atoms with Crippen LogP contribution in [0.25, 0.3) is 38.8 Å². The Morgan fingerprint density at radius 2 is 1.55 bits per heavy atom. The van der Waals surface area contributed by atoms with Crippen LogP contribution >= 0.6 is 11.6 Å². The maximum absolute atomic E-state index is 14.1. The van der Waals surface area contributed by atoms with E-state index in [1.165, 1.54) is 6.07 Å². The van der Waals surface area contributed by atoms with Crippen molar-refractivity contribution in [1.29, 1.82) is 0 Å². The molecule has 0 unspecified atom stereocenters. The first-order valence-corrected chi connectivity index (χ1v) is 9.38. The van der Waals surface area contributed by atoms with Crippen LogP contribution in [0.1, 0.15) is 5.56 Å². The van der Waals surface area contributed by atoms with E-state index in [1.807, 2.05) is 43.3 Å². The van der Waals surface area contributed by atoms with E-state index in [-0.39, 0.29) is 0 Å². The van der Waals surface area contributed by atoms with Gasteiger partial charge in [-0.2, -0.15) is 5.10 Å². The minimum atomic E-state index is -0.930. The van der Waals surface area contributed by atoms with Crippen LogP contribution < -0.4 is 0 Å². The Balaban J connectivity index is 1.90. The molecule has 3 nitrogen and oxygen atoms in total. The molecular formula is C23H14ClF2N3. The molecule has 6 heteroatoms. The zero-order valence-corrected chi connectivity index (χ0v) is 16.1. The van der Waals surface area contributed by atoms with Gasteiger partial charge in [-0.25, -0.2) is 13.5 Å². The van der Waals surface area contributed by atoms with Crippen LogP contribution in [-0.2, 0) is 0 Å². The minimum absolute atomic E-state index is 0.363. The van der Waals surface area contributed by atoms with Gasteiger partial charge in [-0.3, -0.25) is 4.98 Å². The number of halogens is 3. The fraction of sp³-hybridized carbons (Fsp3) is 0.0435. The lowest BCUT2D eigenvalue weighted by atomic mass is 10.1. The second-order valence-electron chi connectivity index (χ2n) is 6.91. The lowest BCUT2D eigenvalue weighted by Crippen LogP contribution is -1.97. The molecule has 29 heavy (non-hydrogen) atoms. The molecule has 0 radical (unpaired) electrons. The average molecular weight is 406 g/mol. The van der Waals surface area contributed by atoms with Gasteiger partial charge in [-0.1, -0.05) is 41.4 Å². The number of nitrogens with zero attached hydrogens (tertiary/aromatic N) is 3. The number of hydrogen-bond acceptors (Lipinski definition) is 2. The summed E-state index contributed by atoms with van der Waals surface area (Å²) < 4.78 is 29.6. The van der Waals surface area contributed by atoms with E-state index >= 15 is 0 Å². The van der Waals surface area contributed by atoms with Gasteiger partial charge >= 0.3 is 0 Å². The average Bonchev–Trinajstić information content (AvgIpc) is 3.10. The number of aryl methyl sites for hydroxylation is 1. The molecule has 0 aliphatic heterocycles. The largest absolute Gasteiger partial charge is 0.255 e. The van der Waals surface area contributed by atoms with Gasteiger partial charge in [0, 0.05) is 33.6 Å². The minimum Gasteiger partial charge on any atom is -0.255 e. The molecule has 0 aliphatic rings. The molecule has 0 saturated heterocycles. The number of rotatable bonds is 2. The fourth-order valence-electron chi connectivity index (χ4n) is 3.47. The zero-order valence-electron chi connectivity index (χ0n) is 15.3. The van der Waals surface area contributed by atoms with Crippen molar-refractivity contribution >= 4 is 33.4 Å². The van der Waals surface area contributed by atoms with Crippen molar-refractivity contribution in [2.45, 2.75) is 6.92 Å². The highest BCUT2D eigenvalue weighted by atomic mass is 35.5. The van der Waals surface area contributed by atoms with E-state index in [2.05, 4.69) is 4.98 Å². The molecule has 0 fully saturated rings. The summed E-state index contributed by atoms with van der Waals surface area (Å²) in [6, 6.07) is 17.5. The zero-order chi connectivity index (χ0) is 20.1. The molecule has 2 aromatic heterocycles. The molecule has 5 aromatic rings. The summed E-state index contributed by atoms with van der Waals surface area (Å²) >= 11 is 6.04. The maximum Gasteiger partial charge on any atom is 0.161 e. The molecule has 2 heterocycles. The Morgan fingerprint density at radius 1 is 0.862 bits per heavy atom. The first-order valence-electron chi connectivity index (χ1n) is 9.01. The lowest BCUT2D eigenvalue weighted by Gasteiger charge is -2.06. The van der Waals surface area contributed by atoms with Crippen LogP contribution in [0.3, 0.4) is 0 Å². The van der Waals surface area contributed by atoms with Crippen LogP contribution in [0.2, 0.25) is 5.02 Å². The number of hydrogen-bond donors (Lipinski definition) is 0. The normalized spacial score (nSPS) is 11.4. The van der Waals surface area contributed by atoms with Gasteiger partial charge in [-0.05, 0) is 37.3 Å². The quantitative estimate of drug-likeness (QED) is 0.336. The van der Waals surface area contributed by atoms with Gasteiger partial charge in [0.2, 0.25) is 0 Å². The maximum atomic E-state index is 14.1. The Labute approximate surface area is 170 Å². The molecule has 5 rings (SSSR count). The number of aromatic nitrogens is 3. The number of pyridine rings is 1. The van der Waals surface area contributed by atoms with E-state index in [1.54, 1.807) is 23.0 Å². The van der Waals surface area contributed by atoms with Crippen molar-refractivity contribution in [2.75, 3.05) is 0 Å². The smallest absolute Gasteiger partial charge is 0.161 e. The molecule has 3 aromatic carbocycles. The third-order valence-electron chi connectivity index (χ3n) is 4.94. The van der Waals surface area contributed by atoms with Crippen molar-refractivity contribution < 1.29 is 8.78 Å². The highest BCUT2D eigenvalue weighted by molar-refractivity contribution is 6.30. The molecule has 0 saturated carbocycles. The number of fused-ring (bicyclic) bond motifs is 3. The van der Waals surface area contributed by atoms with Crippen molar-refractivity contribution in [2.24, 2.45) is 0 Å². The second-order valence-corrected chi connectivity index (χ2v) is 7.34. The summed E-state index contributed by atoms with van der Waals surface area (Å²) in [7, 11) is 0. The van der Waals surface area contributed by atoms with Crippen LogP contribution in [0.4, 0.5) is 8.78 Å². The van der Waals surface area contributed by atoms with Crippen molar-refractivity contribution in [3.63, 3.8) is 0 Å². The summed E-state index contributed by atoms with van der Waals surface area (Å²) in [5.74, 6) is -1.85. The highest BCUT2D eigenvalue weighted by Crippen LogP contribution is 2.34. The Kier molecular flexibility index (Phi) is 4.07. The topological polar surface area (TPSA) is 30.7 Å². The van der Waals surface area contributed by atoms with E-state index in [9.17, 15) is 8.78 Å². The highest BCUT2D eigenvalue weighted by Gasteiger charge is 2.18. The van der Waals surface area contributed by atoms with Crippen molar-refractivity contribution in [1.82, 2.24) is 14.8 Å². The lowest BCUT2D eigenvalue weighted by molar-refractivity contribution is 0.511. The first-order chi connectivity index (χ1) is 14.0. The first kappa shape index (κ1) is 17.8. The predicted molar refractivity (Wildman–Crippen MR) is 111 cm³/mol. The van der Waals surface area contributed by atoms with Gasteiger partial charge in [0.25, 0.3) is 0 Å². The van der Waals surface area contributed by atoms with Crippen LogP contribution in [0.15, 0.2) is 66.9 Å². The Bertz CT molecular complexity index is 1370. The summed E-state index contributed by atoms with van der Waals surface area (Å²) in [5, 5.41) is 6.65. The summed E-state index contributed by atoms with van der Waals surface area (Å²) in [6.45, 7) is 2.01. The van der Waals surface area contributed by atoms with Crippen LogP contribution in [-0.4, -0.2) is 14.8 Å². The Morgan fingerprint density at radius 3 is 2.28 bits per heavy atom. The van der Waals surface area contributed by atoms with E-state index in [0.29, 0.717) is 27.1 Å². The van der Waals surface area contributed by atoms with Gasteiger partial charge in [-0.15, -0.1) is 0 Å². The molecule has 0 amide bonds. The van der Waals surface area contributed by atoms with Gasteiger partial charge < -0.3 is 0 Å². The third kappa shape index (κ3) is 2.95. The standard InChI is InChI=1S/C23H14ClF2N3/c1-13-2-4-14(5-3-13)22-18-12-27-21-11-20(26)19(25)10-17(21)23(18)29(28-22)16-8-6-15(24)7-9-16/h2-12H,1H3. The van der Waals surface area contributed by atoms with Crippen LogP contribution in [0.5, 0.6) is 0 Å². The van der Waals surface area contributed by atoms with Crippen LogP contribution in [0, 0.1) is 18.6 Å². The Hall–Kier alpha value is -3.31. The molecule has 0 aliphatic carbocycles. The SMILES string of the molecule is Cc1ccc(-c2nn(-c3ccc(Cl)cc3)c3c2cnc2cc(F)c(F)cc23)cc1. The summed E-state index contributed by atoms with van der Waals surface area (Å²) in [4.78, 5) is 4.36. The summed E-state index contributed by atoms with van der Waals surface area (Å²) in [6.07, 6.45) is 1.66. The van der Waals surface area contributed by atoms with Gasteiger partial charge in [0.05, 0.1) is 16.7 Å². The predicted octanol–water partition coefficient (Wildman–Crippen LogP) is 6.48. The van der Waals surface area contributed by atoms with E-state index in [0.717, 1.165) is 28.3 Å². The third-order valence-corrected chi connectivity index (χ3v) is 5.20. The second kappa shape index (κ2) is 6.64. The number of benzene rings is 3. The van der Waals surface area contributed by atoms with Gasteiger partial charge in [0.15, 0.2) is 11.6 Å². The molecular weight excluding hydrogens is 392 g/mol. The molecule has 142 valence electrons. The van der Waals surface area contributed by atoms with E-state index < -0.39 is 11.6 Å². The molecule has 0 spiro atoms. The fourth-order valence-corrected chi connectivity index (χ4v) is 3.60. The van der Waals surface area contributed by atoms with Crippen molar-refractivity contribution in [3.05, 3.63) is 89.1 Å². The van der Waals surface area contributed by atoms with Crippen molar-refractivity contribution in [3.8, 4) is 16.9 Å². The van der Waals surface area contributed by atoms with E-state index in [4.69, 9.17) is 16.7 Å². The summed E-state index contributed by atoms with van der Waals surface area (Å²) in [5.41, 5.74) is 4.55. The monoisotopic (exact) mass is 405 g/mol. The molecule has 0 bridgehead atoms. The molecule has 0 atom stereocenters. The molecule has 0 N–H and O–H groups in total.